The maximum Gasteiger partial charge on any atom is 0.411 e. The van der Waals surface area contributed by atoms with E-state index in [9.17, 15) is 24.4 Å². The van der Waals surface area contributed by atoms with Gasteiger partial charge >= 0.3 is 6.09 Å². The van der Waals surface area contributed by atoms with Gasteiger partial charge in [-0.2, -0.15) is 5.26 Å². The van der Waals surface area contributed by atoms with Gasteiger partial charge in [0.25, 0.3) is 0 Å². The Kier molecular flexibility index (Phi) is 7.12. The Morgan fingerprint density at radius 1 is 1.14 bits per heavy atom. The van der Waals surface area contributed by atoms with Gasteiger partial charge in [0.15, 0.2) is 0 Å². The van der Waals surface area contributed by atoms with E-state index in [0.717, 1.165) is 25.7 Å². The van der Waals surface area contributed by atoms with Crippen LogP contribution in [0.2, 0.25) is 0 Å². The average Bonchev–Trinajstić information content (AvgIpc) is 3.21. The molecule has 192 valence electrons. The van der Waals surface area contributed by atoms with E-state index in [1.165, 1.54) is 0 Å². The molecular weight excluding hydrogens is 448 g/mol. The zero-order valence-electron chi connectivity index (χ0n) is 21.2. The van der Waals surface area contributed by atoms with Crippen LogP contribution in [0, 0.1) is 23.2 Å². The van der Waals surface area contributed by atoms with Gasteiger partial charge in [0.05, 0.1) is 6.07 Å². The van der Waals surface area contributed by atoms with Crippen LogP contribution in [-0.2, 0) is 19.1 Å². The van der Waals surface area contributed by atoms with Gasteiger partial charge in [0.1, 0.15) is 29.0 Å². The molecule has 2 aliphatic carbocycles. The van der Waals surface area contributed by atoms with E-state index >= 15 is 0 Å². The summed E-state index contributed by atoms with van der Waals surface area (Å²) in [6.07, 6.45) is 6.32. The van der Waals surface area contributed by atoms with Crippen LogP contribution in [0.3, 0.4) is 0 Å². The Morgan fingerprint density at radius 2 is 1.89 bits per heavy atom. The number of nitrogens with one attached hydrogen (secondary N) is 1. The van der Waals surface area contributed by atoms with Crippen molar-refractivity contribution in [3.63, 3.8) is 0 Å². The van der Waals surface area contributed by atoms with Crippen molar-refractivity contribution in [3.05, 3.63) is 0 Å². The quantitative estimate of drug-likeness (QED) is 0.591. The number of likely N-dealkylation sites (tertiary alicyclic amines) is 2. The predicted octanol–water partition coefficient (Wildman–Crippen LogP) is 2.92. The maximum atomic E-state index is 13.8. The summed E-state index contributed by atoms with van der Waals surface area (Å²) in [6, 6.07) is 0.709. The van der Waals surface area contributed by atoms with Gasteiger partial charge in [-0.15, -0.1) is 0 Å². The van der Waals surface area contributed by atoms with E-state index in [4.69, 9.17) is 4.74 Å². The van der Waals surface area contributed by atoms with Crippen LogP contribution in [0.1, 0.15) is 85.0 Å². The fourth-order valence-corrected chi connectivity index (χ4v) is 5.90. The summed E-state index contributed by atoms with van der Waals surface area (Å²) in [5, 5.41) is 12.5. The van der Waals surface area contributed by atoms with Gasteiger partial charge in [-0.1, -0.05) is 12.8 Å². The first-order chi connectivity index (χ1) is 16.5. The molecule has 4 atom stereocenters. The molecule has 4 fully saturated rings. The van der Waals surface area contributed by atoms with Crippen molar-refractivity contribution in [1.82, 2.24) is 15.1 Å². The number of Topliss-reactive ketones (excluding diaryl/α,β-unsaturated/α-hetero) is 1. The second-order valence-electron chi connectivity index (χ2n) is 11.7. The van der Waals surface area contributed by atoms with E-state index in [0.29, 0.717) is 57.5 Å². The van der Waals surface area contributed by atoms with Crippen LogP contribution >= 0.6 is 0 Å². The number of hydrogen-bond acceptors (Lipinski definition) is 6. The Labute approximate surface area is 207 Å². The second kappa shape index (κ2) is 9.79. The number of carbonyl (C=O) groups excluding carboxylic acids is 4. The molecule has 0 aromatic carbocycles. The van der Waals surface area contributed by atoms with Gasteiger partial charge < -0.3 is 15.0 Å². The fourth-order valence-electron chi connectivity index (χ4n) is 5.90. The minimum atomic E-state index is -0.963. The third-order valence-electron chi connectivity index (χ3n) is 7.88. The molecule has 2 saturated heterocycles. The highest BCUT2D eigenvalue weighted by molar-refractivity contribution is 5.96. The summed E-state index contributed by atoms with van der Waals surface area (Å²) in [7, 11) is 0. The van der Waals surface area contributed by atoms with Gasteiger partial charge in [-0.25, -0.2) is 4.79 Å². The van der Waals surface area contributed by atoms with Crippen molar-refractivity contribution in [2.75, 3.05) is 13.1 Å². The number of nitriles is 1. The zero-order valence-corrected chi connectivity index (χ0v) is 21.2. The van der Waals surface area contributed by atoms with Crippen molar-refractivity contribution in [3.8, 4) is 6.07 Å². The molecule has 9 heteroatoms. The summed E-state index contributed by atoms with van der Waals surface area (Å²) in [6.45, 7) is 6.26. The molecule has 1 N–H and O–H groups in total. The highest BCUT2D eigenvalue weighted by Gasteiger charge is 2.58. The largest absolute Gasteiger partial charge is 0.444 e. The topological polar surface area (TPSA) is 120 Å². The smallest absolute Gasteiger partial charge is 0.411 e. The molecule has 3 amide bonds. The molecule has 4 rings (SSSR count). The van der Waals surface area contributed by atoms with E-state index < -0.39 is 29.3 Å². The summed E-state index contributed by atoms with van der Waals surface area (Å²) >= 11 is 0. The minimum absolute atomic E-state index is 0.161. The summed E-state index contributed by atoms with van der Waals surface area (Å²) in [4.78, 5) is 55.4. The third-order valence-corrected chi connectivity index (χ3v) is 7.88. The van der Waals surface area contributed by atoms with Gasteiger partial charge in [-0.05, 0) is 71.6 Å². The normalized spacial score (nSPS) is 28.3. The third kappa shape index (κ3) is 5.46. The monoisotopic (exact) mass is 486 g/mol. The first-order valence-corrected chi connectivity index (χ1v) is 13.1. The number of carbonyl (C=O) groups is 4. The Hall–Kier alpha value is -2.63. The van der Waals surface area contributed by atoms with E-state index in [-0.39, 0.29) is 23.5 Å². The number of amides is 3. The van der Waals surface area contributed by atoms with E-state index in [1.807, 2.05) is 0 Å². The molecule has 0 radical (unpaired) electrons. The van der Waals surface area contributed by atoms with Crippen molar-refractivity contribution in [2.24, 2.45) is 11.8 Å². The SMILES string of the molecule is CC(C)(C)OC(=O)N1CCC[C@]12CCN([C@@H](CC1CC1)C(=O)N[C@H](C#N)C[C@@H]1CCCC1=O)C2=O. The first kappa shape index (κ1) is 25.5. The van der Waals surface area contributed by atoms with Crippen molar-refractivity contribution >= 4 is 23.7 Å². The fraction of sp³-hybridized carbons (Fsp3) is 0.808. The number of nitrogens with zero attached hydrogens (tertiary/aromatic N) is 3. The average molecular weight is 487 g/mol. The summed E-state index contributed by atoms with van der Waals surface area (Å²) in [5.41, 5.74) is -1.63. The molecule has 35 heavy (non-hydrogen) atoms. The summed E-state index contributed by atoms with van der Waals surface area (Å²) in [5.74, 6) is -0.159. The van der Waals surface area contributed by atoms with Crippen molar-refractivity contribution < 1.29 is 23.9 Å². The Morgan fingerprint density at radius 3 is 2.49 bits per heavy atom. The molecule has 9 nitrogen and oxygen atoms in total. The maximum absolute atomic E-state index is 13.8. The highest BCUT2D eigenvalue weighted by Crippen LogP contribution is 2.42. The van der Waals surface area contributed by atoms with Crippen LogP contribution in [0.5, 0.6) is 0 Å². The first-order valence-electron chi connectivity index (χ1n) is 13.1. The van der Waals surface area contributed by atoms with Crippen LogP contribution in [0.15, 0.2) is 0 Å². The minimum Gasteiger partial charge on any atom is -0.444 e. The lowest BCUT2D eigenvalue weighted by atomic mass is 9.94. The van der Waals surface area contributed by atoms with Crippen molar-refractivity contribution in [2.45, 2.75) is 108 Å². The molecule has 4 aliphatic rings. The predicted molar refractivity (Wildman–Crippen MR) is 127 cm³/mol. The van der Waals surface area contributed by atoms with Gasteiger partial charge in [-0.3, -0.25) is 19.3 Å². The van der Waals surface area contributed by atoms with Crippen LogP contribution < -0.4 is 5.32 Å². The number of ketones is 1. The molecular formula is C26H38N4O5. The molecule has 2 saturated carbocycles. The van der Waals surface area contributed by atoms with E-state index in [1.54, 1.807) is 30.6 Å². The number of hydrogen-bond donors (Lipinski definition) is 1. The second-order valence-corrected chi connectivity index (χ2v) is 11.7. The Balaban J connectivity index is 1.48. The molecule has 0 aromatic heterocycles. The van der Waals surface area contributed by atoms with Gasteiger partial charge in [0, 0.05) is 25.4 Å². The number of ether oxygens (including phenoxy) is 1. The van der Waals surface area contributed by atoms with E-state index in [2.05, 4.69) is 11.4 Å². The van der Waals surface area contributed by atoms with Crippen LogP contribution in [-0.4, -0.2) is 69.8 Å². The molecule has 2 aliphatic heterocycles. The highest BCUT2D eigenvalue weighted by atomic mass is 16.6. The Bertz CT molecular complexity index is 918. The van der Waals surface area contributed by atoms with Crippen molar-refractivity contribution in [1.29, 1.82) is 5.26 Å². The standard InChI is InChI=1S/C26H38N4O5/c1-25(2,3)35-24(34)30-12-5-10-26(30)11-13-29(23(26)33)20(14-17-8-9-17)22(32)28-19(16-27)15-18-6-4-7-21(18)31/h17-20H,4-15H2,1-3H3,(H,28,32)/t18-,19-,20-,26+/m0/s1. The molecule has 2 heterocycles. The molecule has 1 spiro atoms. The van der Waals surface area contributed by atoms with Crippen LogP contribution in [0.25, 0.3) is 0 Å². The number of rotatable bonds is 7. The lowest BCUT2D eigenvalue weighted by molar-refractivity contribution is -0.143. The zero-order chi connectivity index (χ0) is 25.4. The van der Waals surface area contributed by atoms with Crippen LogP contribution in [0.4, 0.5) is 4.79 Å². The van der Waals surface area contributed by atoms with Gasteiger partial charge in [0.2, 0.25) is 11.8 Å². The molecule has 0 unspecified atom stereocenters. The lowest BCUT2D eigenvalue weighted by Gasteiger charge is -2.36. The lowest BCUT2D eigenvalue weighted by Crippen LogP contribution is -2.57. The summed E-state index contributed by atoms with van der Waals surface area (Å²) < 4.78 is 5.59. The molecule has 0 bridgehead atoms. The molecule has 0 aromatic rings.